The van der Waals surface area contributed by atoms with Crippen LogP contribution in [0.25, 0.3) is 6.08 Å². The first-order valence-corrected chi connectivity index (χ1v) is 6.38. The Balaban J connectivity index is 1.93. The van der Waals surface area contributed by atoms with Crippen LogP contribution >= 0.6 is 0 Å². The number of rotatable bonds is 5. The van der Waals surface area contributed by atoms with E-state index in [1.54, 1.807) is 25.1 Å². The monoisotopic (exact) mass is 263 g/mol. The van der Waals surface area contributed by atoms with Crippen LogP contribution in [-0.2, 0) is 4.79 Å². The molecule has 0 saturated heterocycles. The highest BCUT2D eigenvalue weighted by atomic mass is 19.1. The number of aliphatic hydroxyl groups excluding tert-OH is 1. The largest absolute Gasteiger partial charge is 0.396 e. The zero-order valence-corrected chi connectivity index (χ0v) is 10.9. The van der Waals surface area contributed by atoms with Crippen molar-refractivity contribution in [2.75, 3.05) is 13.2 Å². The van der Waals surface area contributed by atoms with Crippen molar-refractivity contribution in [1.82, 2.24) is 5.32 Å². The van der Waals surface area contributed by atoms with Gasteiger partial charge in [-0.25, -0.2) is 4.39 Å². The molecule has 19 heavy (non-hydrogen) atoms. The quantitative estimate of drug-likeness (QED) is 0.799. The van der Waals surface area contributed by atoms with E-state index in [0.29, 0.717) is 12.1 Å². The third-order valence-corrected chi connectivity index (χ3v) is 3.53. The summed E-state index contributed by atoms with van der Waals surface area (Å²) in [6, 6.07) is 5.98. The number of amides is 1. The van der Waals surface area contributed by atoms with Gasteiger partial charge in [-0.3, -0.25) is 4.79 Å². The topological polar surface area (TPSA) is 49.3 Å². The summed E-state index contributed by atoms with van der Waals surface area (Å²) in [5, 5.41) is 12.0. The normalized spacial score (nSPS) is 17.1. The lowest BCUT2D eigenvalue weighted by molar-refractivity contribution is -0.117. The maximum atomic E-state index is 12.8. The second-order valence-corrected chi connectivity index (χ2v) is 5.22. The summed E-state index contributed by atoms with van der Waals surface area (Å²) in [7, 11) is 0. The van der Waals surface area contributed by atoms with Gasteiger partial charge in [0.05, 0.1) is 6.61 Å². The van der Waals surface area contributed by atoms with E-state index < -0.39 is 0 Å². The Morgan fingerprint density at radius 3 is 2.58 bits per heavy atom. The number of hydrogen-bond acceptors (Lipinski definition) is 2. The van der Waals surface area contributed by atoms with Gasteiger partial charge in [0.2, 0.25) is 5.91 Å². The Hall–Kier alpha value is -1.68. The number of nitrogens with one attached hydrogen (secondary N) is 1. The van der Waals surface area contributed by atoms with Gasteiger partial charge in [0.25, 0.3) is 0 Å². The fraction of sp³-hybridized carbons (Fsp3) is 0.400. The number of carbonyl (C=O) groups excluding carboxylic acids is 1. The SMILES string of the molecule is C/C(=C/c1ccc(F)cc1)C(=O)NCC1(CO)CC1. The maximum Gasteiger partial charge on any atom is 0.246 e. The lowest BCUT2D eigenvalue weighted by atomic mass is 10.1. The average molecular weight is 263 g/mol. The van der Waals surface area contributed by atoms with Crippen molar-refractivity contribution in [2.45, 2.75) is 19.8 Å². The number of carbonyl (C=O) groups is 1. The molecule has 1 aromatic rings. The summed E-state index contributed by atoms with van der Waals surface area (Å²) in [6.07, 6.45) is 3.64. The molecule has 102 valence electrons. The summed E-state index contributed by atoms with van der Waals surface area (Å²) < 4.78 is 12.8. The molecule has 0 unspecified atom stereocenters. The Morgan fingerprint density at radius 1 is 1.42 bits per heavy atom. The van der Waals surface area contributed by atoms with Crippen LogP contribution in [-0.4, -0.2) is 24.2 Å². The second-order valence-electron chi connectivity index (χ2n) is 5.22. The van der Waals surface area contributed by atoms with Gasteiger partial charge in [0.1, 0.15) is 5.82 Å². The van der Waals surface area contributed by atoms with E-state index in [4.69, 9.17) is 5.11 Å². The van der Waals surface area contributed by atoms with Crippen LogP contribution in [0.1, 0.15) is 25.3 Å². The molecule has 1 fully saturated rings. The first-order valence-electron chi connectivity index (χ1n) is 6.38. The summed E-state index contributed by atoms with van der Waals surface area (Å²) in [5.41, 5.74) is 1.27. The third-order valence-electron chi connectivity index (χ3n) is 3.53. The highest BCUT2D eigenvalue weighted by molar-refractivity contribution is 5.97. The molecule has 1 aliphatic rings. The molecule has 2 N–H and O–H groups in total. The number of benzene rings is 1. The minimum atomic E-state index is -0.294. The lowest BCUT2D eigenvalue weighted by Gasteiger charge is -2.12. The molecule has 4 heteroatoms. The maximum absolute atomic E-state index is 12.8. The van der Waals surface area contributed by atoms with Crippen molar-refractivity contribution < 1.29 is 14.3 Å². The van der Waals surface area contributed by atoms with Crippen LogP contribution in [0, 0.1) is 11.2 Å². The fourth-order valence-corrected chi connectivity index (χ4v) is 1.85. The van der Waals surface area contributed by atoms with E-state index in [0.717, 1.165) is 18.4 Å². The third kappa shape index (κ3) is 3.64. The van der Waals surface area contributed by atoms with Crippen molar-refractivity contribution in [2.24, 2.45) is 5.41 Å². The minimum Gasteiger partial charge on any atom is -0.396 e. The van der Waals surface area contributed by atoms with Gasteiger partial charge in [0.15, 0.2) is 0 Å². The highest BCUT2D eigenvalue weighted by Crippen LogP contribution is 2.44. The molecule has 0 aliphatic heterocycles. The molecule has 1 saturated carbocycles. The first-order chi connectivity index (χ1) is 9.04. The second kappa shape index (κ2) is 5.53. The van der Waals surface area contributed by atoms with Crippen molar-refractivity contribution in [3.05, 3.63) is 41.2 Å². The number of aliphatic hydroxyl groups is 1. The van der Waals surface area contributed by atoms with E-state index in [1.807, 2.05) is 0 Å². The Bertz CT molecular complexity index is 489. The van der Waals surface area contributed by atoms with Crippen LogP contribution in [0.3, 0.4) is 0 Å². The molecular weight excluding hydrogens is 245 g/mol. The van der Waals surface area contributed by atoms with Crippen molar-refractivity contribution in [3.8, 4) is 0 Å². The zero-order chi connectivity index (χ0) is 13.9. The molecule has 0 aromatic heterocycles. The summed E-state index contributed by atoms with van der Waals surface area (Å²) in [6.45, 7) is 2.35. The van der Waals surface area contributed by atoms with E-state index in [2.05, 4.69) is 5.32 Å². The average Bonchev–Trinajstić information content (AvgIpc) is 3.19. The summed E-state index contributed by atoms with van der Waals surface area (Å²) in [5.74, 6) is -0.443. The predicted octanol–water partition coefficient (Wildman–Crippen LogP) is 2.12. The molecule has 1 aromatic carbocycles. The molecule has 0 radical (unpaired) electrons. The molecule has 2 rings (SSSR count). The van der Waals surface area contributed by atoms with E-state index in [1.165, 1.54) is 12.1 Å². The molecule has 0 heterocycles. The van der Waals surface area contributed by atoms with Crippen LogP contribution in [0.5, 0.6) is 0 Å². The Morgan fingerprint density at radius 2 is 2.05 bits per heavy atom. The van der Waals surface area contributed by atoms with Gasteiger partial charge >= 0.3 is 0 Å². The van der Waals surface area contributed by atoms with Gasteiger partial charge in [-0.1, -0.05) is 12.1 Å². The van der Waals surface area contributed by atoms with Crippen LogP contribution in [0.2, 0.25) is 0 Å². The molecule has 1 amide bonds. The molecule has 0 atom stereocenters. The standard InChI is InChI=1S/C15H18FNO2/c1-11(8-12-2-4-13(16)5-3-12)14(19)17-9-15(10-18)6-7-15/h2-5,8,18H,6-7,9-10H2,1H3,(H,17,19)/b11-8-. The Labute approximate surface area is 112 Å². The van der Waals surface area contributed by atoms with Gasteiger partial charge in [0, 0.05) is 17.5 Å². The van der Waals surface area contributed by atoms with Gasteiger partial charge in [-0.2, -0.15) is 0 Å². The van der Waals surface area contributed by atoms with Crippen LogP contribution < -0.4 is 5.32 Å². The molecule has 3 nitrogen and oxygen atoms in total. The fourth-order valence-electron chi connectivity index (χ4n) is 1.85. The van der Waals surface area contributed by atoms with Crippen LogP contribution in [0.15, 0.2) is 29.8 Å². The lowest BCUT2D eigenvalue weighted by Crippen LogP contribution is -2.32. The molecule has 1 aliphatic carbocycles. The summed E-state index contributed by atoms with van der Waals surface area (Å²) >= 11 is 0. The zero-order valence-electron chi connectivity index (χ0n) is 10.9. The Kier molecular flexibility index (Phi) is 4.00. The van der Waals surface area contributed by atoms with Crippen molar-refractivity contribution >= 4 is 12.0 Å². The van der Waals surface area contributed by atoms with E-state index in [-0.39, 0.29) is 23.7 Å². The molecule has 0 bridgehead atoms. The predicted molar refractivity (Wildman–Crippen MR) is 71.8 cm³/mol. The van der Waals surface area contributed by atoms with Crippen molar-refractivity contribution in [3.63, 3.8) is 0 Å². The number of halogens is 1. The smallest absolute Gasteiger partial charge is 0.246 e. The van der Waals surface area contributed by atoms with Crippen molar-refractivity contribution in [1.29, 1.82) is 0 Å². The van der Waals surface area contributed by atoms with E-state index in [9.17, 15) is 9.18 Å². The van der Waals surface area contributed by atoms with Gasteiger partial charge in [-0.15, -0.1) is 0 Å². The number of hydrogen-bond donors (Lipinski definition) is 2. The summed E-state index contributed by atoms with van der Waals surface area (Å²) in [4.78, 5) is 11.9. The molecule has 0 spiro atoms. The first kappa shape index (κ1) is 13.7. The molecular formula is C15H18FNO2. The van der Waals surface area contributed by atoms with Gasteiger partial charge < -0.3 is 10.4 Å². The van der Waals surface area contributed by atoms with Gasteiger partial charge in [-0.05, 0) is 43.5 Å². The van der Waals surface area contributed by atoms with E-state index >= 15 is 0 Å². The minimum absolute atomic E-state index is 0.0915. The van der Waals surface area contributed by atoms with Crippen LogP contribution in [0.4, 0.5) is 4.39 Å². The highest BCUT2D eigenvalue weighted by Gasteiger charge is 2.42.